The summed E-state index contributed by atoms with van der Waals surface area (Å²) >= 11 is 1.54. The summed E-state index contributed by atoms with van der Waals surface area (Å²) in [7, 11) is 0. The van der Waals surface area contributed by atoms with Crippen molar-refractivity contribution in [1.29, 1.82) is 0 Å². The number of aromatic nitrogens is 2. The molecule has 0 spiro atoms. The molecule has 2 aromatic carbocycles. The van der Waals surface area contributed by atoms with Gasteiger partial charge in [-0.05, 0) is 91.5 Å². The van der Waals surface area contributed by atoms with Crippen molar-refractivity contribution in [2.24, 2.45) is 39.9 Å². The summed E-state index contributed by atoms with van der Waals surface area (Å²) < 4.78 is 0. The van der Waals surface area contributed by atoms with Gasteiger partial charge in [-0.3, -0.25) is 48.1 Å². The first kappa shape index (κ1) is 70.2. The number of thioether (sulfide) groups is 1. The lowest BCUT2D eigenvalue weighted by Gasteiger charge is -2.32. The van der Waals surface area contributed by atoms with Crippen molar-refractivity contribution in [1.82, 2.24) is 57.4 Å². The van der Waals surface area contributed by atoms with Crippen LogP contribution in [0.25, 0.3) is 0 Å². The predicted octanol–water partition coefficient (Wildman–Crippen LogP) is -0.779. The average Bonchev–Trinajstić information content (AvgIpc) is 2.75. The lowest BCUT2D eigenvalue weighted by molar-refractivity contribution is -0.143. The fourth-order valence-corrected chi connectivity index (χ4v) is 9.97. The Hall–Kier alpha value is -8.27. The number of aliphatic carboxylic acids is 1. The van der Waals surface area contributed by atoms with E-state index in [1.165, 1.54) is 41.7 Å². The van der Waals surface area contributed by atoms with Gasteiger partial charge in [-0.25, -0.2) is 9.78 Å². The highest BCUT2D eigenvalue weighted by atomic mass is 32.2. The zero-order valence-corrected chi connectivity index (χ0v) is 50.7. The van der Waals surface area contributed by atoms with Crippen LogP contribution in [0.4, 0.5) is 0 Å². The number of nitrogens with one attached hydrogen (secondary N) is 9. The second-order valence-corrected chi connectivity index (χ2v) is 23.4. The Balaban J connectivity index is 1.58. The standard InChI is InChI=1S/C58H87N15O12S/c1-32(2)25-44(70-49(76)39(59)21-24-86-7)56(83)73-23-12-16-45(73)54(81)71-47(33(3)4)55(82)69-43(28-37-29-62-31-65-37)53(80)68-42(26-35-13-9-8-10-14-35)52(79)67-41(27-36-17-19-38(74)20-18-36)50(77)64-30-46(75)66-40(15-11-22-63-58(60)61)51(78)72-48(34(5)6)57(84)85/h8-10,13-14,17-20,29,31-34,39-45,47-48,74H,11-12,15-16,21-28,30,59H2,1-7H3,(H,62,65)(H,64,77)(H,66,75)(H,67,79)(H,68,80)(H,69,82)(H,70,76)(H,71,81)(H,72,78)(H,84,85)(H4,60,61,63)/t39-,40-,41-,42-,43-,44-,45-,47-,48-/m0/s1. The number of rotatable bonds is 35. The molecule has 28 heteroatoms. The average molecular weight is 1220 g/mol. The molecular weight excluding hydrogens is 1130 g/mol. The molecule has 0 aliphatic carbocycles. The molecule has 0 unspecified atom stereocenters. The zero-order valence-electron chi connectivity index (χ0n) is 49.9. The summed E-state index contributed by atoms with van der Waals surface area (Å²) in [4.78, 5) is 151. The number of H-pyrrole nitrogens is 1. The van der Waals surface area contributed by atoms with Crippen LogP contribution in [0.5, 0.6) is 5.75 Å². The number of guanidine groups is 1. The highest BCUT2D eigenvalue weighted by Gasteiger charge is 2.41. The Morgan fingerprint density at radius 3 is 1.85 bits per heavy atom. The zero-order chi connectivity index (χ0) is 63.6. The van der Waals surface area contributed by atoms with Gasteiger partial charge < -0.3 is 79.8 Å². The molecule has 3 aromatic rings. The Kier molecular flexibility index (Phi) is 28.8. The van der Waals surface area contributed by atoms with E-state index < -0.39 is 132 Å². The van der Waals surface area contributed by atoms with Crippen LogP contribution in [-0.2, 0) is 67.2 Å². The fraction of sp³-hybridized carbons (Fsp3) is 0.552. The van der Waals surface area contributed by atoms with E-state index in [9.17, 15) is 58.2 Å². The number of carbonyl (C=O) groups excluding carboxylic acids is 9. The fourth-order valence-electron chi connectivity index (χ4n) is 9.48. The van der Waals surface area contributed by atoms with Crippen molar-refractivity contribution in [3.8, 4) is 5.75 Å². The number of nitrogens with two attached hydrogens (primary N) is 3. The molecule has 9 atom stereocenters. The minimum absolute atomic E-state index is 0.00353. The van der Waals surface area contributed by atoms with Gasteiger partial charge in [-0.15, -0.1) is 0 Å². The first-order chi connectivity index (χ1) is 40.8. The van der Waals surface area contributed by atoms with Crippen LogP contribution in [0.3, 0.4) is 0 Å². The van der Waals surface area contributed by atoms with Gasteiger partial charge in [0, 0.05) is 44.2 Å². The van der Waals surface area contributed by atoms with Gasteiger partial charge in [0.05, 0.1) is 18.9 Å². The number of carboxylic acids is 1. The number of phenolic OH excluding ortho intramolecular Hbond substituents is 1. The Bertz CT molecular complexity index is 2770. The number of carboxylic acid groups (broad SMARTS) is 1. The summed E-state index contributed by atoms with van der Waals surface area (Å²) in [5.41, 5.74) is 18.5. The number of benzene rings is 2. The van der Waals surface area contributed by atoms with Gasteiger partial charge in [-0.2, -0.15) is 11.8 Å². The van der Waals surface area contributed by atoms with Crippen LogP contribution in [0.15, 0.2) is 72.1 Å². The molecule has 27 nitrogen and oxygen atoms in total. The van der Waals surface area contributed by atoms with Crippen molar-refractivity contribution < 1.29 is 58.2 Å². The Morgan fingerprint density at radius 1 is 0.698 bits per heavy atom. The third-order valence-electron chi connectivity index (χ3n) is 14.2. The van der Waals surface area contributed by atoms with Gasteiger partial charge in [-0.1, -0.05) is 84.0 Å². The molecule has 17 N–H and O–H groups in total. The highest BCUT2D eigenvalue weighted by molar-refractivity contribution is 7.98. The number of carbonyl (C=O) groups is 10. The predicted molar refractivity (Wildman–Crippen MR) is 323 cm³/mol. The summed E-state index contributed by atoms with van der Waals surface area (Å²) in [5, 5.41) is 41.1. The second kappa shape index (κ2) is 35.3. The topological polar surface area (TPSA) is 430 Å². The quantitative estimate of drug-likeness (QED) is 0.0195. The van der Waals surface area contributed by atoms with Gasteiger partial charge in [0.15, 0.2) is 5.96 Å². The van der Waals surface area contributed by atoms with Crippen LogP contribution in [0.1, 0.15) is 96.9 Å². The summed E-state index contributed by atoms with van der Waals surface area (Å²) in [6, 6.07) is 3.55. The van der Waals surface area contributed by atoms with Crippen LogP contribution in [0, 0.1) is 17.8 Å². The number of aliphatic imine (C=N–C) groups is 1. The molecule has 1 aromatic heterocycles. The van der Waals surface area contributed by atoms with Crippen LogP contribution in [-0.4, -0.2) is 176 Å². The summed E-state index contributed by atoms with van der Waals surface area (Å²) in [6.45, 7) is 9.99. The molecule has 2 heterocycles. The molecule has 4 rings (SSSR count). The number of likely N-dealkylation sites (tertiary alicyclic amines) is 1. The van der Waals surface area contributed by atoms with E-state index in [1.54, 1.807) is 69.8 Å². The number of imidazole rings is 1. The second-order valence-electron chi connectivity index (χ2n) is 22.4. The van der Waals surface area contributed by atoms with Gasteiger partial charge in [0.2, 0.25) is 53.2 Å². The van der Waals surface area contributed by atoms with Crippen LogP contribution >= 0.6 is 11.8 Å². The molecule has 1 saturated heterocycles. The molecule has 1 fully saturated rings. The lowest BCUT2D eigenvalue weighted by atomic mass is 10.00. The Labute approximate surface area is 505 Å². The minimum Gasteiger partial charge on any atom is -0.508 e. The van der Waals surface area contributed by atoms with Crippen LogP contribution in [0.2, 0.25) is 0 Å². The SMILES string of the molecule is CSCC[C@H](N)C(=O)N[C@@H](CC(C)C)C(=O)N1CCC[C@H]1C(=O)N[C@H](C(=O)N[C@@H](Cc1cnc[nH]1)C(=O)N[C@@H](Cc1ccccc1)C(=O)N[C@@H](Cc1ccc(O)cc1)C(=O)NCC(=O)N[C@@H](CCCN=C(N)N)C(=O)N[C@H](C(=O)O)C(C)C)C(C)C. The van der Waals surface area contributed by atoms with E-state index in [-0.39, 0.29) is 69.2 Å². The van der Waals surface area contributed by atoms with Crippen molar-refractivity contribution in [3.63, 3.8) is 0 Å². The third-order valence-corrected chi connectivity index (χ3v) is 14.8. The number of amides is 9. The van der Waals surface area contributed by atoms with E-state index in [0.717, 1.165) is 0 Å². The Morgan fingerprint density at radius 2 is 1.28 bits per heavy atom. The first-order valence-corrected chi connectivity index (χ1v) is 30.2. The lowest BCUT2D eigenvalue weighted by Crippen LogP contribution is -2.61. The molecule has 0 radical (unpaired) electrons. The molecule has 472 valence electrons. The first-order valence-electron chi connectivity index (χ1n) is 28.8. The van der Waals surface area contributed by atoms with E-state index in [2.05, 4.69) is 57.5 Å². The maximum Gasteiger partial charge on any atom is 0.326 e. The molecule has 0 saturated carbocycles. The summed E-state index contributed by atoms with van der Waals surface area (Å²) in [5.74, 6) is -8.52. The number of nitrogens with zero attached hydrogens (tertiary/aromatic N) is 3. The van der Waals surface area contributed by atoms with Gasteiger partial charge in [0.1, 0.15) is 54.1 Å². The van der Waals surface area contributed by atoms with E-state index >= 15 is 0 Å². The number of hydrogen-bond acceptors (Lipinski definition) is 15. The van der Waals surface area contributed by atoms with Crippen molar-refractivity contribution in [2.75, 3.05) is 31.6 Å². The molecule has 0 bridgehead atoms. The van der Waals surface area contributed by atoms with Gasteiger partial charge >= 0.3 is 5.97 Å². The number of phenols is 1. The van der Waals surface area contributed by atoms with E-state index in [1.807, 2.05) is 20.1 Å². The maximum absolute atomic E-state index is 14.7. The molecular formula is C58H87N15O12S. The number of aromatic hydroxyl groups is 1. The molecule has 1 aliphatic heterocycles. The summed E-state index contributed by atoms with van der Waals surface area (Å²) in [6.07, 6.45) is 5.86. The van der Waals surface area contributed by atoms with Crippen LogP contribution < -0.4 is 59.7 Å². The molecule has 1 aliphatic rings. The monoisotopic (exact) mass is 1220 g/mol. The number of aromatic amines is 1. The third kappa shape index (κ3) is 23.3. The largest absolute Gasteiger partial charge is 0.508 e. The molecule has 86 heavy (non-hydrogen) atoms. The van der Waals surface area contributed by atoms with Crippen molar-refractivity contribution >= 4 is 76.9 Å². The maximum atomic E-state index is 14.7. The van der Waals surface area contributed by atoms with Gasteiger partial charge in [0.25, 0.3) is 0 Å². The normalized spacial score (nSPS) is 15.8. The molecule has 9 amide bonds. The van der Waals surface area contributed by atoms with E-state index in [0.29, 0.717) is 41.8 Å². The van der Waals surface area contributed by atoms with E-state index in [4.69, 9.17) is 17.2 Å². The number of hydrogen-bond donors (Lipinski definition) is 14. The highest BCUT2D eigenvalue weighted by Crippen LogP contribution is 2.22. The van der Waals surface area contributed by atoms with Crippen molar-refractivity contribution in [3.05, 3.63) is 83.9 Å². The van der Waals surface area contributed by atoms with Crippen molar-refractivity contribution in [2.45, 2.75) is 154 Å². The minimum atomic E-state index is -1.44. The smallest absolute Gasteiger partial charge is 0.326 e.